The van der Waals surface area contributed by atoms with Gasteiger partial charge >= 0.3 is 0 Å². The van der Waals surface area contributed by atoms with Crippen molar-refractivity contribution in [2.24, 2.45) is 0 Å². The number of ether oxygens (including phenoxy) is 1. The van der Waals surface area contributed by atoms with Gasteiger partial charge in [0.2, 0.25) is 0 Å². The van der Waals surface area contributed by atoms with Crippen LogP contribution in [0, 0.1) is 0 Å². The molecule has 0 aliphatic carbocycles. The summed E-state index contributed by atoms with van der Waals surface area (Å²) >= 11 is 0. The van der Waals surface area contributed by atoms with Crippen molar-refractivity contribution in [1.82, 2.24) is 5.32 Å². The van der Waals surface area contributed by atoms with Crippen LogP contribution in [0.25, 0.3) is 6.08 Å². The average Bonchev–Trinajstić information content (AvgIpc) is 2.29. The minimum Gasteiger partial charge on any atom is -0.371 e. The molecule has 0 spiro atoms. The Labute approximate surface area is 96.7 Å². The van der Waals surface area contributed by atoms with Crippen molar-refractivity contribution in [2.75, 3.05) is 19.7 Å². The predicted octanol–water partition coefficient (Wildman–Crippen LogP) is 2.11. The van der Waals surface area contributed by atoms with Crippen LogP contribution in [0.4, 0.5) is 0 Å². The summed E-state index contributed by atoms with van der Waals surface area (Å²) in [6, 6.07) is 10.3. The van der Waals surface area contributed by atoms with Crippen molar-refractivity contribution in [1.29, 1.82) is 0 Å². The van der Waals surface area contributed by atoms with E-state index in [1.54, 1.807) is 0 Å². The molecule has 2 rings (SSSR count). The molecule has 0 bridgehead atoms. The van der Waals surface area contributed by atoms with Gasteiger partial charge in [-0.25, -0.2) is 0 Å². The smallest absolute Gasteiger partial charge is 0.0884 e. The van der Waals surface area contributed by atoms with Crippen molar-refractivity contribution >= 4 is 18.5 Å². The van der Waals surface area contributed by atoms with Crippen LogP contribution in [0.1, 0.15) is 5.56 Å². The van der Waals surface area contributed by atoms with E-state index in [-0.39, 0.29) is 18.5 Å². The minimum absolute atomic E-state index is 0. The zero-order chi connectivity index (χ0) is 9.64. The van der Waals surface area contributed by atoms with Crippen LogP contribution in [0.15, 0.2) is 36.4 Å². The zero-order valence-corrected chi connectivity index (χ0v) is 9.37. The van der Waals surface area contributed by atoms with Crippen molar-refractivity contribution in [3.05, 3.63) is 42.0 Å². The molecule has 1 aromatic rings. The molecule has 0 saturated carbocycles. The van der Waals surface area contributed by atoms with E-state index in [0.717, 1.165) is 19.7 Å². The molecule has 1 aromatic carbocycles. The Morgan fingerprint density at radius 1 is 1.27 bits per heavy atom. The van der Waals surface area contributed by atoms with Crippen LogP contribution >= 0.6 is 12.4 Å². The molecule has 0 amide bonds. The Morgan fingerprint density at radius 3 is 2.73 bits per heavy atom. The third-order valence-corrected chi connectivity index (χ3v) is 2.26. The summed E-state index contributed by atoms with van der Waals surface area (Å²) < 4.78 is 5.55. The highest BCUT2D eigenvalue weighted by atomic mass is 35.5. The van der Waals surface area contributed by atoms with E-state index >= 15 is 0 Å². The molecule has 3 heteroatoms. The molecule has 1 fully saturated rings. The summed E-state index contributed by atoms with van der Waals surface area (Å²) in [6.45, 7) is 2.70. The number of morpholine rings is 1. The maximum Gasteiger partial charge on any atom is 0.0884 e. The van der Waals surface area contributed by atoms with E-state index in [1.807, 2.05) is 18.2 Å². The monoisotopic (exact) mass is 225 g/mol. The van der Waals surface area contributed by atoms with Crippen molar-refractivity contribution in [3.63, 3.8) is 0 Å². The summed E-state index contributed by atoms with van der Waals surface area (Å²) in [4.78, 5) is 0. The molecule has 1 heterocycles. The molecular formula is C12H16ClNO. The molecule has 82 valence electrons. The molecule has 0 aromatic heterocycles. The summed E-state index contributed by atoms with van der Waals surface area (Å²) in [7, 11) is 0. The van der Waals surface area contributed by atoms with Crippen LogP contribution in [0.5, 0.6) is 0 Å². The van der Waals surface area contributed by atoms with Gasteiger partial charge in [0.1, 0.15) is 0 Å². The van der Waals surface area contributed by atoms with E-state index in [9.17, 15) is 0 Å². The molecule has 2 nitrogen and oxygen atoms in total. The normalized spacial score (nSPS) is 21.2. The quantitative estimate of drug-likeness (QED) is 0.833. The van der Waals surface area contributed by atoms with Crippen LogP contribution in [-0.4, -0.2) is 25.8 Å². The lowest BCUT2D eigenvalue weighted by atomic mass is 10.2. The lowest BCUT2D eigenvalue weighted by molar-refractivity contribution is 0.0596. The highest BCUT2D eigenvalue weighted by Crippen LogP contribution is 2.04. The maximum atomic E-state index is 5.55. The highest BCUT2D eigenvalue weighted by Gasteiger charge is 2.08. The average molecular weight is 226 g/mol. The first-order valence-corrected chi connectivity index (χ1v) is 5.01. The van der Waals surface area contributed by atoms with Crippen LogP contribution in [0.3, 0.4) is 0 Å². The number of hydrogen-bond donors (Lipinski definition) is 1. The number of nitrogens with one attached hydrogen (secondary N) is 1. The fourth-order valence-corrected chi connectivity index (χ4v) is 1.49. The van der Waals surface area contributed by atoms with Gasteiger partial charge in [-0.1, -0.05) is 42.5 Å². The standard InChI is InChI=1S/C12H15NO.ClH/c1-2-4-11(5-3-1)6-7-12-10-13-8-9-14-12;/h1-7,12-13H,8-10H2;1H/b7-6+;/t12-;/m1./s1. The van der Waals surface area contributed by atoms with Crippen LogP contribution in [0.2, 0.25) is 0 Å². The lowest BCUT2D eigenvalue weighted by Crippen LogP contribution is -2.37. The third kappa shape index (κ3) is 4.04. The van der Waals surface area contributed by atoms with Gasteiger partial charge in [0.15, 0.2) is 0 Å². The molecule has 1 N–H and O–H groups in total. The number of halogens is 1. The predicted molar refractivity (Wildman–Crippen MR) is 65.3 cm³/mol. The zero-order valence-electron chi connectivity index (χ0n) is 8.56. The van der Waals surface area contributed by atoms with E-state index < -0.39 is 0 Å². The van der Waals surface area contributed by atoms with E-state index in [0.29, 0.717) is 0 Å². The second-order valence-electron chi connectivity index (χ2n) is 3.38. The number of rotatable bonds is 2. The second-order valence-corrected chi connectivity index (χ2v) is 3.38. The van der Waals surface area contributed by atoms with E-state index in [2.05, 4.69) is 29.6 Å². The fourth-order valence-electron chi connectivity index (χ4n) is 1.49. The largest absolute Gasteiger partial charge is 0.371 e. The summed E-state index contributed by atoms with van der Waals surface area (Å²) in [5.41, 5.74) is 1.22. The number of hydrogen-bond acceptors (Lipinski definition) is 2. The highest BCUT2D eigenvalue weighted by molar-refractivity contribution is 5.85. The Balaban J connectivity index is 0.00000112. The molecule has 0 radical (unpaired) electrons. The first kappa shape index (κ1) is 12.2. The molecule has 1 aliphatic heterocycles. The van der Waals surface area contributed by atoms with Gasteiger partial charge in [-0.3, -0.25) is 0 Å². The Morgan fingerprint density at radius 2 is 2.07 bits per heavy atom. The summed E-state index contributed by atoms with van der Waals surface area (Å²) in [5.74, 6) is 0. The van der Waals surface area contributed by atoms with E-state index in [1.165, 1.54) is 5.56 Å². The molecule has 1 atom stereocenters. The van der Waals surface area contributed by atoms with Gasteiger partial charge in [0.05, 0.1) is 12.7 Å². The minimum atomic E-state index is 0. The van der Waals surface area contributed by atoms with Gasteiger partial charge in [0.25, 0.3) is 0 Å². The molecule has 15 heavy (non-hydrogen) atoms. The third-order valence-electron chi connectivity index (χ3n) is 2.26. The molecule has 1 aliphatic rings. The van der Waals surface area contributed by atoms with E-state index in [4.69, 9.17) is 4.74 Å². The Hall–Kier alpha value is -0.830. The topological polar surface area (TPSA) is 21.3 Å². The fraction of sp³-hybridized carbons (Fsp3) is 0.333. The first-order valence-electron chi connectivity index (χ1n) is 5.01. The van der Waals surface area contributed by atoms with Gasteiger partial charge in [-0.2, -0.15) is 0 Å². The van der Waals surface area contributed by atoms with Crippen molar-refractivity contribution in [2.45, 2.75) is 6.10 Å². The van der Waals surface area contributed by atoms with Gasteiger partial charge < -0.3 is 10.1 Å². The first-order chi connectivity index (χ1) is 6.95. The van der Waals surface area contributed by atoms with Gasteiger partial charge in [0, 0.05) is 13.1 Å². The maximum absolute atomic E-state index is 5.55. The summed E-state index contributed by atoms with van der Waals surface area (Å²) in [6.07, 6.45) is 4.45. The van der Waals surface area contributed by atoms with Gasteiger partial charge in [-0.15, -0.1) is 12.4 Å². The van der Waals surface area contributed by atoms with Crippen LogP contribution < -0.4 is 5.32 Å². The SMILES string of the molecule is C(=C\[C@@H]1CNCCO1)/c1ccccc1.Cl. The molecule has 0 unspecified atom stereocenters. The number of benzene rings is 1. The Kier molecular flexibility index (Phi) is 5.40. The summed E-state index contributed by atoms with van der Waals surface area (Å²) in [5, 5.41) is 3.29. The van der Waals surface area contributed by atoms with Crippen molar-refractivity contribution in [3.8, 4) is 0 Å². The molecular weight excluding hydrogens is 210 g/mol. The lowest BCUT2D eigenvalue weighted by Gasteiger charge is -2.20. The van der Waals surface area contributed by atoms with Gasteiger partial charge in [-0.05, 0) is 5.56 Å². The Bertz CT molecular complexity index is 294. The van der Waals surface area contributed by atoms with Crippen molar-refractivity contribution < 1.29 is 4.74 Å². The second kappa shape index (κ2) is 6.62. The molecule has 1 saturated heterocycles. The van der Waals surface area contributed by atoms with Crippen LogP contribution in [-0.2, 0) is 4.74 Å².